The number of carbonyl (C=O) groups excluding carboxylic acids is 1. The fraction of sp³-hybridized carbons (Fsp3) is 0.231. The summed E-state index contributed by atoms with van der Waals surface area (Å²) in [6, 6.07) is 9.68. The molecule has 0 aliphatic rings. The Morgan fingerprint density at radius 3 is 2.65 bits per heavy atom. The Bertz CT molecular complexity index is 504. The van der Waals surface area contributed by atoms with Gasteiger partial charge in [0.05, 0.1) is 6.20 Å². The molecule has 1 heterocycles. The molecule has 0 aliphatic carbocycles. The van der Waals surface area contributed by atoms with E-state index >= 15 is 0 Å². The van der Waals surface area contributed by atoms with Crippen LogP contribution in [0.2, 0.25) is 0 Å². The van der Waals surface area contributed by atoms with Gasteiger partial charge < -0.3 is 5.32 Å². The molecule has 0 spiro atoms. The van der Waals surface area contributed by atoms with Crippen molar-refractivity contribution in [1.82, 2.24) is 15.1 Å². The lowest BCUT2D eigenvalue weighted by atomic mass is 10.1. The molecule has 0 fully saturated rings. The van der Waals surface area contributed by atoms with Gasteiger partial charge in [-0.3, -0.25) is 9.48 Å². The SMILES string of the molecule is CNC(=O)C(C)n1cc(-c2ccccc2)cn1. The standard InChI is InChI=1S/C13H15N3O/c1-10(13(17)14-2)16-9-12(8-15-16)11-6-4-3-5-7-11/h3-10H,1-2H3,(H,14,17). The molecule has 1 aromatic heterocycles. The Morgan fingerprint density at radius 2 is 2.00 bits per heavy atom. The van der Waals surface area contributed by atoms with Crippen LogP contribution in [0.4, 0.5) is 0 Å². The van der Waals surface area contributed by atoms with Crippen molar-refractivity contribution < 1.29 is 4.79 Å². The largest absolute Gasteiger partial charge is 0.357 e. The first-order valence-electron chi connectivity index (χ1n) is 5.53. The second-order valence-corrected chi connectivity index (χ2v) is 3.87. The van der Waals surface area contributed by atoms with E-state index in [1.54, 1.807) is 17.9 Å². The quantitative estimate of drug-likeness (QED) is 0.873. The summed E-state index contributed by atoms with van der Waals surface area (Å²) in [5, 5.41) is 6.83. The molecule has 1 unspecified atom stereocenters. The van der Waals surface area contributed by atoms with E-state index in [0.29, 0.717) is 0 Å². The lowest BCUT2D eigenvalue weighted by molar-refractivity contribution is -0.123. The van der Waals surface area contributed by atoms with Crippen LogP contribution in [0.1, 0.15) is 13.0 Å². The minimum Gasteiger partial charge on any atom is -0.357 e. The maximum absolute atomic E-state index is 11.5. The zero-order valence-electron chi connectivity index (χ0n) is 9.92. The maximum atomic E-state index is 11.5. The van der Waals surface area contributed by atoms with Crippen LogP contribution >= 0.6 is 0 Å². The van der Waals surface area contributed by atoms with Gasteiger partial charge in [-0.05, 0) is 12.5 Å². The minimum absolute atomic E-state index is 0.0484. The molecule has 2 rings (SSSR count). The van der Waals surface area contributed by atoms with Crippen molar-refractivity contribution in [1.29, 1.82) is 0 Å². The molecule has 2 aromatic rings. The van der Waals surface area contributed by atoms with Crippen molar-refractivity contribution in [3.8, 4) is 11.1 Å². The van der Waals surface area contributed by atoms with Crippen LogP contribution in [-0.4, -0.2) is 22.7 Å². The van der Waals surface area contributed by atoms with Crippen LogP contribution in [0.15, 0.2) is 42.7 Å². The summed E-state index contributed by atoms with van der Waals surface area (Å²) in [5.74, 6) is -0.0484. The van der Waals surface area contributed by atoms with E-state index in [1.807, 2.05) is 43.5 Å². The van der Waals surface area contributed by atoms with Crippen LogP contribution in [0.25, 0.3) is 11.1 Å². The summed E-state index contributed by atoms with van der Waals surface area (Å²) >= 11 is 0. The number of nitrogens with zero attached hydrogens (tertiary/aromatic N) is 2. The van der Waals surface area contributed by atoms with E-state index in [1.165, 1.54) is 0 Å². The lowest BCUT2D eigenvalue weighted by Crippen LogP contribution is -2.27. The van der Waals surface area contributed by atoms with Gasteiger partial charge in [0, 0.05) is 18.8 Å². The molecule has 0 radical (unpaired) electrons. The Balaban J connectivity index is 2.25. The van der Waals surface area contributed by atoms with Gasteiger partial charge in [-0.15, -0.1) is 0 Å². The molecule has 1 aromatic carbocycles. The minimum atomic E-state index is -0.294. The van der Waals surface area contributed by atoms with Gasteiger partial charge >= 0.3 is 0 Å². The van der Waals surface area contributed by atoms with Gasteiger partial charge in [-0.25, -0.2) is 0 Å². The summed E-state index contributed by atoms with van der Waals surface area (Å²) in [7, 11) is 1.63. The third-order valence-electron chi connectivity index (χ3n) is 2.73. The van der Waals surface area contributed by atoms with Crippen molar-refractivity contribution >= 4 is 5.91 Å². The molecule has 88 valence electrons. The highest BCUT2D eigenvalue weighted by molar-refractivity contribution is 5.79. The molecule has 0 aliphatic heterocycles. The highest BCUT2D eigenvalue weighted by Gasteiger charge is 2.14. The zero-order valence-corrected chi connectivity index (χ0v) is 9.92. The summed E-state index contributed by atoms with van der Waals surface area (Å²) < 4.78 is 1.67. The molecule has 4 heteroatoms. The average molecular weight is 229 g/mol. The van der Waals surface area contributed by atoms with Crippen molar-refractivity contribution in [3.63, 3.8) is 0 Å². The number of hydrogen-bond acceptors (Lipinski definition) is 2. The van der Waals surface area contributed by atoms with Crippen LogP contribution < -0.4 is 5.32 Å². The molecule has 0 saturated heterocycles. The monoisotopic (exact) mass is 229 g/mol. The number of aromatic nitrogens is 2. The Morgan fingerprint density at radius 1 is 1.29 bits per heavy atom. The van der Waals surface area contributed by atoms with Gasteiger partial charge in [0.1, 0.15) is 6.04 Å². The first kappa shape index (κ1) is 11.4. The molecular weight excluding hydrogens is 214 g/mol. The van der Waals surface area contributed by atoms with Gasteiger partial charge in [-0.2, -0.15) is 5.10 Å². The van der Waals surface area contributed by atoms with Crippen molar-refractivity contribution in [2.45, 2.75) is 13.0 Å². The molecule has 0 bridgehead atoms. The molecular formula is C13H15N3O. The second-order valence-electron chi connectivity index (χ2n) is 3.87. The third-order valence-corrected chi connectivity index (χ3v) is 2.73. The molecule has 1 amide bonds. The van der Waals surface area contributed by atoms with Crippen LogP contribution in [0.5, 0.6) is 0 Å². The first-order chi connectivity index (χ1) is 8.22. The summed E-state index contributed by atoms with van der Waals surface area (Å²) in [5.41, 5.74) is 2.12. The third kappa shape index (κ3) is 2.36. The normalized spacial score (nSPS) is 12.1. The first-order valence-corrected chi connectivity index (χ1v) is 5.53. The van der Waals surface area contributed by atoms with Gasteiger partial charge in [0.2, 0.25) is 5.91 Å². The maximum Gasteiger partial charge on any atom is 0.244 e. The summed E-state index contributed by atoms with van der Waals surface area (Å²) in [6.07, 6.45) is 3.66. The highest BCUT2D eigenvalue weighted by Crippen LogP contribution is 2.19. The van der Waals surface area contributed by atoms with E-state index in [2.05, 4.69) is 10.4 Å². The van der Waals surface area contributed by atoms with E-state index < -0.39 is 0 Å². The van der Waals surface area contributed by atoms with E-state index in [4.69, 9.17) is 0 Å². The molecule has 1 atom stereocenters. The van der Waals surface area contributed by atoms with Crippen LogP contribution in [0, 0.1) is 0 Å². The van der Waals surface area contributed by atoms with Gasteiger partial charge in [0.15, 0.2) is 0 Å². The van der Waals surface area contributed by atoms with Crippen LogP contribution in [0.3, 0.4) is 0 Å². The van der Waals surface area contributed by atoms with Gasteiger partial charge in [-0.1, -0.05) is 30.3 Å². The molecule has 0 saturated carbocycles. The predicted molar refractivity (Wildman–Crippen MR) is 66.4 cm³/mol. The summed E-state index contributed by atoms with van der Waals surface area (Å²) in [6.45, 7) is 1.82. The zero-order chi connectivity index (χ0) is 12.3. The number of likely N-dealkylation sites (N-methyl/N-ethyl adjacent to an activating group) is 1. The fourth-order valence-corrected chi connectivity index (χ4v) is 1.66. The fourth-order valence-electron chi connectivity index (χ4n) is 1.66. The number of nitrogens with one attached hydrogen (secondary N) is 1. The Hall–Kier alpha value is -2.10. The van der Waals surface area contributed by atoms with Gasteiger partial charge in [0.25, 0.3) is 0 Å². The highest BCUT2D eigenvalue weighted by atomic mass is 16.2. The number of carbonyl (C=O) groups is 1. The number of hydrogen-bond donors (Lipinski definition) is 1. The average Bonchev–Trinajstić information content (AvgIpc) is 2.87. The predicted octanol–water partition coefficient (Wildman–Crippen LogP) is 1.86. The molecule has 4 nitrogen and oxygen atoms in total. The lowest BCUT2D eigenvalue weighted by Gasteiger charge is -2.09. The topological polar surface area (TPSA) is 46.9 Å². The van der Waals surface area contributed by atoms with Crippen molar-refractivity contribution in [2.75, 3.05) is 7.05 Å². The van der Waals surface area contributed by atoms with Crippen molar-refractivity contribution in [3.05, 3.63) is 42.7 Å². The van der Waals surface area contributed by atoms with E-state index in [-0.39, 0.29) is 11.9 Å². The second kappa shape index (κ2) is 4.82. The smallest absolute Gasteiger partial charge is 0.244 e. The van der Waals surface area contributed by atoms with E-state index in [0.717, 1.165) is 11.1 Å². The molecule has 1 N–H and O–H groups in total. The summed E-state index contributed by atoms with van der Waals surface area (Å²) in [4.78, 5) is 11.5. The molecule has 17 heavy (non-hydrogen) atoms. The van der Waals surface area contributed by atoms with E-state index in [9.17, 15) is 4.79 Å². The number of benzene rings is 1. The Labute approximate surface area is 100 Å². The van der Waals surface area contributed by atoms with Crippen LogP contribution in [-0.2, 0) is 4.79 Å². The van der Waals surface area contributed by atoms with Crippen molar-refractivity contribution in [2.24, 2.45) is 0 Å². The number of rotatable bonds is 3. The number of amides is 1. The Kier molecular flexibility index (Phi) is 3.23.